The van der Waals surface area contributed by atoms with E-state index in [1.54, 1.807) is 0 Å². The van der Waals surface area contributed by atoms with Crippen molar-refractivity contribution in [3.05, 3.63) is 0 Å². The van der Waals surface area contributed by atoms with Crippen LogP contribution in [0.3, 0.4) is 0 Å². The van der Waals surface area contributed by atoms with Gasteiger partial charge in [-0.1, -0.05) is 19.3 Å². The highest BCUT2D eigenvalue weighted by molar-refractivity contribution is 4.87. The summed E-state index contributed by atoms with van der Waals surface area (Å²) in [7, 11) is 0. The quantitative estimate of drug-likeness (QED) is 0.652. The molecule has 0 aromatic heterocycles. The molecular formula is C13H25N. The highest BCUT2D eigenvalue weighted by Gasteiger charge is 2.33. The minimum absolute atomic E-state index is 0.768. The number of hydrogen-bond donors (Lipinski definition) is 0. The molecule has 1 aliphatic carbocycles. The lowest BCUT2D eigenvalue weighted by atomic mass is 9.82. The van der Waals surface area contributed by atoms with Gasteiger partial charge in [-0.2, -0.15) is 0 Å². The van der Waals surface area contributed by atoms with E-state index in [1.165, 1.54) is 51.5 Å². The van der Waals surface area contributed by atoms with E-state index in [2.05, 4.69) is 18.7 Å². The van der Waals surface area contributed by atoms with E-state index >= 15 is 0 Å². The van der Waals surface area contributed by atoms with Crippen LogP contribution in [-0.4, -0.2) is 23.5 Å². The Hall–Kier alpha value is -0.0400. The number of hydrogen-bond acceptors (Lipinski definition) is 1. The third-order valence-electron chi connectivity index (χ3n) is 4.20. The summed E-state index contributed by atoms with van der Waals surface area (Å²) in [4.78, 5) is 2.76. The first-order valence-electron chi connectivity index (χ1n) is 6.55. The Morgan fingerprint density at radius 1 is 0.929 bits per heavy atom. The second-order valence-electron chi connectivity index (χ2n) is 5.44. The van der Waals surface area contributed by atoms with Gasteiger partial charge in [-0.05, 0) is 52.0 Å². The van der Waals surface area contributed by atoms with Crippen LogP contribution in [0.15, 0.2) is 0 Å². The topological polar surface area (TPSA) is 3.24 Å². The van der Waals surface area contributed by atoms with E-state index in [0.717, 1.165) is 18.0 Å². The Kier molecular flexibility index (Phi) is 3.48. The van der Waals surface area contributed by atoms with Crippen LogP contribution < -0.4 is 0 Å². The van der Waals surface area contributed by atoms with E-state index in [4.69, 9.17) is 0 Å². The third-order valence-corrected chi connectivity index (χ3v) is 4.20. The number of nitrogens with zero attached hydrogens (tertiary/aromatic N) is 1. The zero-order valence-corrected chi connectivity index (χ0v) is 9.84. The molecule has 1 saturated heterocycles. The van der Waals surface area contributed by atoms with Gasteiger partial charge in [0.25, 0.3) is 0 Å². The standard InChI is InChI=1S/C13H25N/c1-11(2)14-10-6-9-13(14)12-7-4-3-5-8-12/h11-13H,3-10H2,1-2H3/t13-/m1/s1. The molecular weight excluding hydrogens is 170 g/mol. The number of likely N-dealkylation sites (tertiary alicyclic amines) is 1. The summed E-state index contributed by atoms with van der Waals surface area (Å²) in [5.41, 5.74) is 0. The van der Waals surface area contributed by atoms with Gasteiger partial charge >= 0.3 is 0 Å². The molecule has 1 heteroatoms. The van der Waals surface area contributed by atoms with E-state index < -0.39 is 0 Å². The molecule has 0 radical (unpaired) electrons. The SMILES string of the molecule is CC(C)N1CCC[C@@H]1C1CCCCC1. The smallest absolute Gasteiger partial charge is 0.0127 e. The van der Waals surface area contributed by atoms with E-state index in [9.17, 15) is 0 Å². The fourth-order valence-corrected chi connectivity index (χ4v) is 3.48. The summed E-state index contributed by atoms with van der Waals surface area (Å²) in [6.45, 7) is 6.08. The second-order valence-corrected chi connectivity index (χ2v) is 5.44. The predicted molar refractivity (Wildman–Crippen MR) is 61.4 cm³/mol. The van der Waals surface area contributed by atoms with Crippen molar-refractivity contribution in [3.8, 4) is 0 Å². The summed E-state index contributed by atoms with van der Waals surface area (Å²) in [5, 5.41) is 0. The first-order valence-corrected chi connectivity index (χ1v) is 6.55. The predicted octanol–water partition coefficient (Wildman–Crippen LogP) is 3.44. The first-order chi connectivity index (χ1) is 6.79. The minimum atomic E-state index is 0.768. The molecule has 82 valence electrons. The van der Waals surface area contributed by atoms with Crippen molar-refractivity contribution in [1.29, 1.82) is 0 Å². The molecule has 0 N–H and O–H groups in total. The van der Waals surface area contributed by atoms with Crippen LogP contribution >= 0.6 is 0 Å². The largest absolute Gasteiger partial charge is 0.298 e. The summed E-state index contributed by atoms with van der Waals surface area (Å²) < 4.78 is 0. The molecule has 2 aliphatic rings. The van der Waals surface area contributed by atoms with Gasteiger partial charge in [-0.15, -0.1) is 0 Å². The molecule has 0 unspecified atom stereocenters. The fourth-order valence-electron chi connectivity index (χ4n) is 3.48. The van der Waals surface area contributed by atoms with Crippen molar-refractivity contribution in [2.75, 3.05) is 6.54 Å². The van der Waals surface area contributed by atoms with Gasteiger partial charge < -0.3 is 0 Å². The highest BCUT2D eigenvalue weighted by Crippen LogP contribution is 2.34. The molecule has 1 nitrogen and oxygen atoms in total. The van der Waals surface area contributed by atoms with Crippen molar-refractivity contribution in [2.45, 2.75) is 70.9 Å². The summed E-state index contributed by atoms with van der Waals surface area (Å²) >= 11 is 0. The Labute approximate surface area is 88.9 Å². The lowest BCUT2D eigenvalue weighted by Gasteiger charge is -2.36. The average molecular weight is 195 g/mol. The third kappa shape index (κ3) is 2.13. The zero-order valence-electron chi connectivity index (χ0n) is 9.84. The maximum Gasteiger partial charge on any atom is 0.0127 e. The Morgan fingerprint density at radius 3 is 2.29 bits per heavy atom. The molecule has 1 saturated carbocycles. The molecule has 1 heterocycles. The van der Waals surface area contributed by atoms with Gasteiger partial charge in [0.2, 0.25) is 0 Å². The van der Waals surface area contributed by atoms with Crippen LogP contribution in [0.25, 0.3) is 0 Å². The van der Waals surface area contributed by atoms with Crippen LogP contribution in [-0.2, 0) is 0 Å². The summed E-state index contributed by atoms with van der Waals surface area (Å²) in [5.74, 6) is 1.04. The number of rotatable bonds is 2. The molecule has 0 aromatic rings. The van der Waals surface area contributed by atoms with Crippen molar-refractivity contribution in [1.82, 2.24) is 4.90 Å². The zero-order chi connectivity index (χ0) is 9.97. The maximum absolute atomic E-state index is 2.76. The normalized spacial score (nSPS) is 31.5. The Morgan fingerprint density at radius 2 is 1.64 bits per heavy atom. The lowest BCUT2D eigenvalue weighted by Crippen LogP contribution is -2.40. The van der Waals surface area contributed by atoms with Crippen molar-refractivity contribution in [2.24, 2.45) is 5.92 Å². The van der Waals surface area contributed by atoms with Crippen LogP contribution in [0.5, 0.6) is 0 Å². The molecule has 0 spiro atoms. The highest BCUT2D eigenvalue weighted by atomic mass is 15.2. The van der Waals surface area contributed by atoms with Crippen LogP contribution in [0.4, 0.5) is 0 Å². The van der Waals surface area contributed by atoms with Gasteiger partial charge in [0, 0.05) is 12.1 Å². The first kappa shape index (κ1) is 10.5. The molecule has 1 atom stereocenters. The van der Waals surface area contributed by atoms with E-state index in [-0.39, 0.29) is 0 Å². The van der Waals surface area contributed by atoms with Crippen molar-refractivity contribution in [3.63, 3.8) is 0 Å². The Balaban J connectivity index is 1.94. The maximum atomic E-state index is 2.76. The molecule has 0 bridgehead atoms. The van der Waals surface area contributed by atoms with E-state index in [0.29, 0.717) is 0 Å². The molecule has 1 aliphatic heterocycles. The van der Waals surface area contributed by atoms with Crippen molar-refractivity contribution >= 4 is 0 Å². The molecule has 0 amide bonds. The second kappa shape index (κ2) is 4.65. The fraction of sp³-hybridized carbons (Fsp3) is 1.00. The van der Waals surface area contributed by atoms with Crippen LogP contribution in [0.1, 0.15) is 58.8 Å². The average Bonchev–Trinajstić information content (AvgIpc) is 2.67. The van der Waals surface area contributed by atoms with Crippen LogP contribution in [0, 0.1) is 5.92 Å². The molecule has 14 heavy (non-hydrogen) atoms. The van der Waals surface area contributed by atoms with Gasteiger partial charge in [0.1, 0.15) is 0 Å². The van der Waals surface area contributed by atoms with Gasteiger partial charge in [0.05, 0.1) is 0 Å². The summed E-state index contributed by atoms with van der Waals surface area (Å²) in [6.07, 6.45) is 10.4. The summed E-state index contributed by atoms with van der Waals surface area (Å²) in [6, 6.07) is 1.71. The molecule has 2 rings (SSSR count). The minimum Gasteiger partial charge on any atom is -0.298 e. The Bertz CT molecular complexity index is 170. The van der Waals surface area contributed by atoms with Crippen LogP contribution in [0.2, 0.25) is 0 Å². The van der Waals surface area contributed by atoms with Gasteiger partial charge in [-0.25, -0.2) is 0 Å². The van der Waals surface area contributed by atoms with Gasteiger partial charge in [0.15, 0.2) is 0 Å². The monoisotopic (exact) mass is 195 g/mol. The lowest BCUT2D eigenvalue weighted by molar-refractivity contribution is 0.128. The van der Waals surface area contributed by atoms with E-state index in [1.807, 2.05) is 0 Å². The van der Waals surface area contributed by atoms with Crippen molar-refractivity contribution < 1.29 is 0 Å². The van der Waals surface area contributed by atoms with Gasteiger partial charge in [-0.3, -0.25) is 4.90 Å². The molecule has 2 fully saturated rings. The molecule has 0 aromatic carbocycles.